The van der Waals surface area contributed by atoms with Gasteiger partial charge in [0.05, 0.1) is 30.6 Å². The van der Waals surface area contributed by atoms with Crippen molar-refractivity contribution >= 4 is 33.3 Å². The Hall–Kier alpha value is -3.85. The number of nitrogens with zero attached hydrogens (tertiary/aromatic N) is 1. The van der Waals surface area contributed by atoms with E-state index in [1.165, 1.54) is 11.8 Å². The monoisotopic (exact) mass is 568 g/mol. The van der Waals surface area contributed by atoms with E-state index < -0.39 is 45.1 Å². The van der Waals surface area contributed by atoms with Crippen LogP contribution in [0.5, 0.6) is 0 Å². The van der Waals surface area contributed by atoms with Crippen molar-refractivity contribution in [3.05, 3.63) is 71.8 Å². The summed E-state index contributed by atoms with van der Waals surface area (Å²) in [5.74, 6) is 0.0193. The van der Waals surface area contributed by atoms with Gasteiger partial charge in [0.1, 0.15) is 0 Å². The maximum atomic E-state index is 13.4. The smallest absolute Gasteiger partial charge is 0.316 e. The number of Topliss-reactive ketones (excluding diaryl/α,β-unsaturated/α-hetero) is 1. The molecule has 0 aliphatic carbocycles. The van der Waals surface area contributed by atoms with E-state index in [1.54, 1.807) is 54.6 Å². The number of quaternary nitrogens is 1. The van der Waals surface area contributed by atoms with Crippen molar-refractivity contribution in [2.45, 2.75) is 31.7 Å². The molecule has 1 aliphatic rings. The van der Waals surface area contributed by atoms with E-state index in [4.69, 9.17) is 4.74 Å². The predicted molar refractivity (Wildman–Crippen MR) is 147 cm³/mol. The number of ether oxygens (including phenoxy) is 1. The van der Waals surface area contributed by atoms with Gasteiger partial charge in [-0.25, -0.2) is 13.2 Å². The molecule has 3 amide bonds. The molecule has 11 heteroatoms. The lowest BCUT2D eigenvalue weighted by molar-refractivity contribution is -0.581. The van der Waals surface area contributed by atoms with Crippen molar-refractivity contribution in [2.75, 3.05) is 32.1 Å². The Morgan fingerprint density at radius 1 is 0.975 bits per heavy atom. The summed E-state index contributed by atoms with van der Waals surface area (Å²) in [4.78, 5) is 53.4. The highest BCUT2D eigenvalue weighted by Crippen LogP contribution is 2.15. The number of carbonyl (C=O) groups excluding carboxylic acids is 4. The first kappa shape index (κ1) is 30.7. The van der Waals surface area contributed by atoms with Crippen LogP contribution in [0.3, 0.4) is 0 Å². The molecule has 1 fully saturated rings. The third-order valence-corrected chi connectivity index (χ3v) is 7.99. The van der Waals surface area contributed by atoms with Crippen LogP contribution >= 0.6 is 0 Å². The Morgan fingerprint density at radius 2 is 1.57 bits per heavy atom. The zero-order valence-corrected chi connectivity index (χ0v) is 23.2. The van der Waals surface area contributed by atoms with Crippen molar-refractivity contribution in [1.29, 1.82) is 0 Å². The number of ketones is 1. The standard InChI is InChI=1S/C29H33N3O7S/c1-2-9-25(27(34)29(36)30-19-22-10-5-3-6-11-22)31-28(35)24(18-26(33)32-14-16-39-17-15-32)21-40(37,38)20-23-12-7-4-8-13-23/h3-8,10-13,24-25H,14-21H2,1H3,(H,30,36)(H,31,35)/p+1. The lowest BCUT2D eigenvalue weighted by atomic mass is 10.0. The molecule has 2 aromatic rings. The Labute approximate surface area is 234 Å². The number of nitrogens with two attached hydrogens (primary N) is 1. The van der Waals surface area contributed by atoms with Gasteiger partial charge in [0.15, 0.2) is 9.84 Å². The van der Waals surface area contributed by atoms with Crippen LogP contribution in [0.25, 0.3) is 0 Å². The zero-order valence-electron chi connectivity index (χ0n) is 22.4. The average Bonchev–Trinajstić information content (AvgIpc) is 2.96. The molecule has 1 aliphatic heterocycles. The van der Waals surface area contributed by atoms with Gasteiger partial charge in [-0.1, -0.05) is 60.7 Å². The number of carbonyl (C=O) groups is 4. The summed E-state index contributed by atoms with van der Waals surface area (Å²) in [5, 5.41) is 3.49. The Balaban J connectivity index is 1.74. The third kappa shape index (κ3) is 9.72. The highest BCUT2D eigenvalue weighted by Gasteiger charge is 2.37. The first-order chi connectivity index (χ1) is 19.2. The van der Waals surface area contributed by atoms with Crippen LogP contribution in [0.4, 0.5) is 0 Å². The molecule has 2 atom stereocenters. The van der Waals surface area contributed by atoms with Crippen molar-refractivity contribution in [2.24, 2.45) is 5.92 Å². The minimum atomic E-state index is -3.82. The fraction of sp³-hybridized carbons (Fsp3) is 0.379. The molecular formula is C29H34N3O7S+. The van der Waals surface area contributed by atoms with Crippen molar-refractivity contribution in [1.82, 2.24) is 10.2 Å². The van der Waals surface area contributed by atoms with Crippen molar-refractivity contribution in [3.63, 3.8) is 0 Å². The molecule has 2 aromatic carbocycles. The van der Waals surface area contributed by atoms with Crippen LogP contribution < -0.4 is 10.6 Å². The molecule has 10 nitrogen and oxygen atoms in total. The topological polar surface area (TPSA) is 144 Å². The Kier molecular flexibility index (Phi) is 11.6. The van der Waals surface area contributed by atoms with E-state index in [1.807, 2.05) is 6.07 Å². The first-order valence-corrected chi connectivity index (χ1v) is 14.8. The lowest BCUT2D eigenvalue weighted by Gasteiger charge is -2.28. The van der Waals surface area contributed by atoms with Crippen molar-refractivity contribution in [3.8, 4) is 11.8 Å². The SMILES string of the molecule is CC#CC([NH2+]C(=O)C(CC(=O)N1CCOCC1)CS(=O)(=O)Cc1ccccc1)C(=O)C(=O)NCc1ccccc1. The Bertz CT molecular complexity index is 1350. The molecule has 0 spiro atoms. The van der Waals surface area contributed by atoms with Crippen LogP contribution in [-0.2, 0) is 46.0 Å². The highest BCUT2D eigenvalue weighted by molar-refractivity contribution is 7.90. The van der Waals surface area contributed by atoms with E-state index >= 15 is 0 Å². The van der Waals surface area contributed by atoms with Crippen LogP contribution in [-0.4, -0.2) is 74.9 Å². The molecule has 3 N–H and O–H groups in total. The Morgan fingerprint density at radius 3 is 2.17 bits per heavy atom. The zero-order chi connectivity index (χ0) is 29.0. The minimum Gasteiger partial charge on any atom is -0.378 e. The van der Waals surface area contributed by atoms with E-state index in [0.29, 0.717) is 31.9 Å². The number of hydrogen-bond donors (Lipinski definition) is 2. The van der Waals surface area contributed by atoms with Gasteiger partial charge >= 0.3 is 5.91 Å². The minimum absolute atomic E-state index is 0.111. The second-order valence-electron chi connectivity index (χ2n) is 9.41. The van der Waals surface area contributed by atoms with Crippen LogP contribution in [0.2, 0.25) is 0 Å². The summed E-state index contributed by atoms with van der Waals surface area (Å²) in [6.45, 7) is 2.95. The number of morpholine rings is 1. The average molecular weight is 569 g/mol. The number of benzene rings is 2. The molecular weight excluding hydrogens is 534 g/mol. The summed E-state index contributed by atoms with van der Waals surface area (Å²) in [5.41, 5.74) is 1.34. The van der Waals surface area contributed by atoms with E-state index in [-0.39, 0.29) is 24.6 Å². The fourth-order valence-electron chi connectivity index (χ4n) is 4.23. The summed E-state index contributed by atoms with van der Waals surface area (Å²) < 4.78 is 31.4. The quantitative estimate of drug-likeness (QED) is 0.267. The molecule has 1 saturated heterocycles. The predicted octanol–water partition coefficient (Wildman–Crippen LogP) is -0.166. The second-order valence-corrected chi connectivity index (χ2v) is 11.5. The van der Waals surface area contributed by atoms with Gasteiger partial charge in [0.2, 0.25) is 11.9 Å². The lowest BCUT2D eigenvalue weighted by Crippen LogP contribution is -2.96. The number of hydrogen-bond acceptors (Lipinski definition) is 7. The van der Waals surface area contributed by atoms with Crippen LogP contribution in [0, 0.1) is 17.8 Å². The number of amides is 3. The second kappa shape index (κ2) is 15.1. The maximum absolute atomic E-state index is 13.4. The van der Waals surface area contributed by atoms with E-state index in [0.717, 1.165) is 10.9 Å². The number of rotatable bonds is 12. The largest absolute Gasteiger partial charge is 0.378 e. The van der Waals surface area contributed by atoms with Crippen LogP contribution in [0.15, 0.2) is 60.7 Å². The van der Waals surface area contributed by atoms with Gasteiger partial charge in [0, 0.05) is 26.1 Å². The fourth-order valence-corrected chi connectivity index (χ4v) is 5.95. The number of nitrogens with one attached hydrogen (secondary N) is 1. The van der Waals surface area contributed by atoms with Gasteiger partial charge in [-0.05, 0) is 24.0 Å². The molecule has 1 heterocycles. The summed E-state index contributed by atoms with van der Waals surface area (Å²) in [7, 11) is -3.82. The van der Waals surface area contributed by atoms with Gasteiger partial charge in [0.25, 0.3) is 11.7 Å². The van der Waals surface area contributed by atoms with Gasteiger partial charge in [-0.15, -0.1) is 5.92 Å². The van der Waals surface area contributed by atoms with E-state index in [9.17, 15) is 27.6 Å². The molecule has 40 heavy (non-hydrogen) atoms. The van der Waals surface area contributed by atoms with Gasteiger partial charge < -0.3 is 15.0 Å². The molecule has 0 bridgehead atoms. The molecule has 0 radical (unpaired) electrons. The molecule has 0 aromatic heterocycles. The molecule has 3 rings (SSSR count). The summed E-state index contributed by atoms with van der Waals surface area (Å²) in [6.07, 6.45) is -0.357. The van der Waals surface area contributed by atoms with E-state index in [2.05, 4.69) is 17.2 Å². The first-order valence-electron chi connectivity index (χ1n) is 13.0. The molecule has 2 unspecified atom stereocenters. The molecule has 212 valence electrons. The van der Waals surface area contributed by atoms with Crippen molar-refractivity contribution < 1.29 is 37.6 Å². The normalized spacial score (nSPS) is 14.8. The maximum Gasteiger partial charge on any atom is 0.316 e. The van der Waals surface area contributed by atoms with Crippen LogP contribution in [0.1, 0.15) is 24.5 Å². The summed E-state index contributed by atoms with van der Waals surface area (Å²) in [6, 6.07) is 16.1. The van der Waals surface area contributed by atoms with Gasteiger partial charge in [-0.2, -0.15) is 0 Å². The third-order valence-electron chi connectivity index (χ3n) is 6.30. The number of sulfone groups is 1. The summed E-state index contributed by atoms with van der Waals surface area (Å²) >= 11 is 0. The van der Waals surface area contributed by atoms with Gasteiger partial charge in [-0.3, -0.25) is 19.7 Å². The molecule has 0 saturated carbocycles. The highest BCUT2D eigenvalue weighted by atomic mass is 32.2. The number of primary amides is 1.